The maximum absolute atomic E-state index is 12.2. The van der Waals surface area contributed by atoms with Crippen LogP contribution in [0, 0.1) is 13.8 Å². The predicted molar refractivity (Wildman–Crippen MR) is 114 cm³/mol. The van der Waals surface area contributed by atoms with Gasteiger partial charge in [-0.05, 0) is 54.7 Å². The van der Waals surface area contributed by atoms with Crippen molar-refractivity contribution in [3.63, 3.8) is 0 Å². The van der Waals surface area contributed by atoms with E-state index in [0.717, 1.165) is 34.6 Å². The van der Waals surface area contributed by atoms with Gasteiger partial charge < -0.3 is 14.8 Å². The van der Waals surface area contributed by atoms with Gasteiger partial charge in [0, 0.05) is 43.6 Å². The minimum atomic E-state index is 0.179. The number of unbranched alkanes of at least 4 members (excludes halogenated alkanes) is 1. The van der Waals surface area contributed by atoms with E-state index in [2.05, 4.69) is 60.0 Å². The van der Waals surface area contributed by atoms with E-state index in [4.69, 9.17) is 0 Å². The fraction of sp³-hybridized carbons (Fsp3) is 0.391. The second kappa shape index (κ2) is 7.30. The van der Waals surface area contributed by atoms with Crippen molar-refractivity contribution >= 4 is 28.3 Å². The average Bonchev–Trinajstić information content (AvgIpc) is 3.09. The van der Waals surface area contributed by atoms with Gasteiger partial charge in [-0.3, -0.25) is 4.79 Å². The number of fused-ring (bicyclic) bond motifs is 2. The van der Waals surface area contributed by atoms with Crippen LogP contribution in [0.25, 0.3) is 10.9 Å². The van der Waals surface area contributed by atoms with Gasteiger partial charge >= 0.3 is 0 Å². The van der Waals surface area contributed by atoms with Crippen LogP contribution in [0.15, 0.2) is 30.6 Å². The Morgan fingerprint density at radius 1 is 1.25 bits per heavy atom. The number of nitrogens with zero attached hydrogens (tertiary/aromatic N) is 3. The van der Waals surface area contributed by atoms with Crippen LogP contribution in [-0.2, 0) is 24.3 Å². The van der Waals surface area contributed by atoms with E-state index in [-0.39, 0.29) is 5.91 Å². The molecule has 0 aliphatic carbocycles. The van der Waals surface area contributed by atoms with E-state index in [9.17, 15) is 4.79 Å². The molecule has 1 N–H and O–H groups in total. The number of benzene rings is 1. The van der Waals surface area contributed by atoms with Crippen molar-refractivity contribution in [1.29, 1.82) is 0 Å². The highest BCUT2D eigenvalue weighted by Gasteiger charge is 2.24. The fourth-order valence-corrected chi connectivity index (χ4v) is 4.18. The van der Waals surface area contributed by atoms with Crippen molar-refractivity contribution in [2.24, 2.45) is 0 Å². The number of carbonyl (C=O) groups excluding carboxylic acids is 1. The summed E-state index contributed by atoms with van der Waals surface area (Å²) >= 11 is 0. The summed E-state index contributed by atoms with van der Waals surface area (Å²) in [5, 5.41) is 4.71. The molecular weight excluding hydrogens is 348 g/mol. The molecule has 5 nitrogen and oxygen atoms in total. The van der Waals surface area contributed by atoms with Crippen LogP contribution in [0.5, 0.6) is 0 Å². The van der Waals surface area contributed by atoms with E-state index >= 15 is 0 Å². The summed E-state index contributed by atoms with van der Waals surface area (Å²) in [4.78, 5) is 18.6. The third kappa shape index (κ3) is 3.15. The van der Waals surface area contributed by atoms with Gasteiger partial charge in [-0.2, -0.15) is 0 Å². The molecule has 5 heteroatoms. The van der Waals surface area contributed by atoms with Crippen LogP contribution in [0.3, 0.4) is 0 Å². The predicted octanol–water partition coefficient (Wildman–Crippen LogP) is 4.71. The van der Waals surface area contributed by atoms with Crippen LogP contribution in [-0.4, -0.2) is 27.4 Å². The number of likely N-dealkylation sites (N-methyl/N-ethyl adjacent to an activating group) is 1. The molecule has 0 bridgehead atoms. The lowest BCUT2D eigenvalue weighted by molar-refractivity contribution is -0.130. The van der Waals surface area contributed by atoms with Crippen molar-refractivity contribution in [2.75, 3.05) is 12.4 Å². The van der Waals surface area contributed by atoms with E-state index in [1.165, 1.54) is 29.5 Å². The van der Waals surface area contributed by atoms with Gasteiger partial charge in [0.15, 0.2) is 0 Å². The zero-order chi connectivity index (χ0) is 19.8. The molecular formula is C23H28N4O. The Kier molecular flexibility index (Phi) is 4.84. The molecule has 0 saturated carbocycles. The summed E-state index contributed by atoms with van der Waals surface area (Å²) < 4.78 is 2.30. The molecule has 0 fully saturated rings. The lowest BCUT2D eigenvalue weighted by Gasteiger charge is -2.28. The number of amides is 1. The number of anilines is 2. The van der Waals surface area contributed by atoms with Crippen molar-refractivity contribution in [3.8, 4) is 0 Å². The summed E-state index contributed by atoms with van der Waals surface area (Å²) in [5.41, 5.74) is 7.01. The summed E-state index contributed by atoms with van der Waals surface area (Å²) in [6.45, 7) is 8.16. The van der Waals surface area contributed by atoms with Gasteiger partial charge in [0.1, 0.15) is 5.82 Å². The minimum absolute atomic E-state index is 0.179. The Labute approximate surface area is 166 Å². The topological polar surface area (TPSA) is 50.2 Å². The molecule has 0 radical (unpaired) electrons. The summed E-state index contributed by atoms with van der Waals surface area (Å²) in [5.74, 6) is 1.05. The first-order chi connectivity index (χ1) is 13.5. The third-order valence-electron chi connectivity index (χ3n) is 5.86. The molecule has 2 aromatic heterocycles. The number of carbonyl (C=O) groups is 1. The van der Waals surface area contributed by atoms with Crippen LogP contribution in [0.1, 0.15) is 42.0 Å². The Balaban J connectivity index is 1.73. The molecule has 3 heterocycles. The molecule has 146 valence electrons. The highest BCUT2D eigenvalue weighted by Crippen LogP contribution is 2.34. The van der Waals surface area contributed by atoms with Crippen LogP contribution < -0.4 is 5.32 Å². The van der Waals surface area contributed by atoms with Gasteiger partial charge in [0.2, 0.25) is 5.91 Å². The van der Waals surface area contributed by atoms with Crippen LogP contribution >= 0.6 is 0 Å². The van der Waals surface area contributed by atoms with E-state index < -0.39 is 0 Å². The Morgan fingerprint density at radius 3 is 2.86 bits per heavy atom. The molecule has 0 unspecified atom stereocenters. The quantitative estimate of drug-likeness (QED) is 0.701. The van der Waals surface area contributed by atoms with Gasteiger partial charge in [-0.25, -0.2) is 4.98 Å². The Morgan fingerprint density at radius 2 is 2.07 bits per heavy atom. The SMILES string of the molecule is CCCCn1ccc2c(Nc3c(C)cc4c(c3C)CC(=O)N(C)C4)nccc21. The van der Waals surface area contributed by atoms with E-state index in [1.807, 2.05) is 13.2 Å². The molecule has 3 aromatic rings. The average molecular weight is 377 g/mol. The maximum Gasteiger partial charge on any atom is 0.227 e. The summed E-state index contributed by atoms with van der Waals surface area (Å²) in [6, 6.07) is 6.43. The van der Waals surface area contributed by atoms with Gasteiger partial charge in [0.05, 0.1) is 11.9 Å². The van der Waals surface area contributed by atoms with Gasteiger partial charge in [-0.15, -0.1) is 0 Å². The Hall–Kier alpha value is -2.82. The van der Waals surface area contributed by atoms with Crippen molar-refractivity contribution in [3.05, 3.63) is 52.8 Å². The lowest BCUT2D eigenvalue weighted by atomic mass is 9.91. The molecule has 1 aliphatic rings. The highest BCUT2D eigenvalue weighted by atomic mass is 16.2. The standard InChI is InChI=1S/C23H28N4O/c1-5-6-10-27-11-8-18-20(27)7-9-24-23(18)25-22-15(2)12-17-14-26(4)21(28)13-19(17)16(22)3/h7-9,11-12H,5-6,10,13-14H2,1-4H3,(H,24,25). The molecule has 0 atom stereocenters. The number of aromatic nitrogens is 2. The number of rotatable bonds is 5. The highest BCUT2D eigenvalue weighted by molar-refractivity contribution is 5.92. The normalized spacial score (nSPS) is 13.9. The monoisotopic (exact) mass is 376 g/mol. The first-order valence-electron chi connectivity index (χ1n) is 10.1. The van der Waals surface area contributed by atoms with Crippen molar-refractivity contribution in [1.82, 2.24) is 14.5 Å². The molecule has 0 spiro atoms. The number of hydrogen-bond donors (Lipinski definition) is 1. The Bertz CT molecular complexity index is 1050. The van der Waals surface area contributed by atoms with Crippen LogP contribution in [0.4, 0.5) is 11.5 Å². The van der Waals surface area contributed by atoms with Crippen LogP contribution in [0.2, 0.25) is 0 Å². The van der Waals surface area contributed by atoms with Crippen molar-refractivity contribution < 1.29 is 4.79 Å². The van der Waals surface area contributed by atoms with Crippen molar-refractivity contribution in [2.45, 2.75) is 53.1 Å². The van der Waals surface area contributed by atoms with E-state index in [0.29, 0.717) is 13.0 Å². The maximum atomic E-state index is 12.2. The van der Waals surface area contributed by atoms with Gasteiger partial charge in [0.25, 0.3) is 0 Å². The first-order valence-corrected chi connectivity index (χ1v) is 10.1. The van der Waals surface area contributed by atoms with Gasteiger partial charge in [-0.1, -0.05) is 19.4 Å². The smallest absolute Gasteiger partial charge is 0.227 e. The molecule has 28 heavy (non-hydrogen) atoms. The molecule has 0 saturated heterocycles. The van der Waals surface area contributed by atoms with E-state index in [1.54, 1.807) is 4.90 Å². The minimum Gasteiger partial charge on any atom is -0.347 e. The zero-order valence-electron chi connectivity index (χ0n) is 17.2. The summed E-state index contributed by atoms with van der Waals surface area (Å²) in [6.07, 6.45) is 6.83. The third-order valence-corrected chi connectivity index (χ3v) is 5.86. The lowest BCUT2D eigenvalue weighted by Crippen LogP contribution is -2.33. The number of aryl methyl sites for hydroxylation is 2. The molecule has 1 aromatic carbocycles. The number of nitrogens with one attached hydrogen (secondary N) is 1. The molecule has 1 aliphatic heterocycles. The summed E-state index contributed by atoms with van der Waals surface area (Å²) in [7, 11) is 1.87. The fourth-order valence-electron chi connectivity index (χ4n) is 4.18. The number of pyridine rings is 1. The molecule has 4 rings (SSSR count). The zero-order valence-corrected chi connectivity index (χ0v) is 17.2. The molecule has 1 amide bonds. The first kappa shape index (κ1) is 18.5. The second-order valence-corrected chi connectivity index (χ2v) is 7.84. The number of hydrogen-bond acceptors (Lipinski definition) is 3. The largest absolute Gasteiger partial charge is 0.347 e. The second-order valence-electron chi connectivity index (χ2n) is 7.84.